The van der Waals surface area contributed by atoms with E-state index in [9.17, 15) is 13.6 Å². The molecule has 1 rings (SSSR count). The Balaban J connectivity index is 3.94. The molecule has 39 heavy (non-hydrogen) atoms. The van der Waals surface area contributed by atoms with Gasteiger partial charge in [-0.05, 0) is 76.2 Å². The Bertz CT molecular complexity index is 970. The van der Waals surface area contributed by atoms with Crippen molar-refractivity contribution in [2.75, 3.05) is 7.11 Å². The maximum atomic E-state index is 14.4. The third-order valence-electron chi connectivity index (χ3n) is 7.31. The molecule has 0 aliphatic carbocycles. The van der Waals surface area contributed by atoms with Crippen LogP contribution in [-0.4, -0.2) is 51.8 Å². The quantitative estimate of drug-likeness (QED) is 0.177. The normalized spacial score (nSPS) is 17.7. The van der Waals surface area contributed by atoms with Gasteiger partial charge in [-0.3, -0.25) is 9.00 Å². The Morgan fingerprint density at radius 1 is 0.974 bits per heavy atom. The molecule has 9 heteroatoms. The van der Waals surface area contributed by atoms with Crippen molar-refractivity contribution in [2.24, 2.45) is 0 Å². The van der Waals surface area contributed by atoms with Crippen LogP contribution in [0, 0.1) is 0 Å². The van der Waals surface area contributed by atoms with E-state index in [1.165, 1.54) is 7.11 Å². The average Bonchev–Trinajstić information content (AvgIpc) is 2.75. The molecule has 0 amide bonds. The van der Waals surface area contributed by atoms with Crippen LogP contribution in [-0.2, 0) is 41.5 Å². The summed E-state index contributed by atoms with van der Waals surface area (Å²) in [6.45, 7) is 28.7. The second kappa shape index (κ2) is 13.1. The SMILES string of the molecule is COC(=O)C[C@H](O[Si](C)(C)C(C)(C)C)C(N[S+]([O-])C(C)(C)C)C(c1ccc(C(C)(C)C)cc1)[S@@](=O)C(C)(C)C. The first-order chi connectivity index (χ1) is 17.3. The van der Waals surface area contributed by atoms with Gasteiger partial charge in [0.2, 0.25) is 0 Å². The molecule has 0 aromatic heterocycles. The molecule has 0 spiro atoms. The van der Waals surface area contributed by atoms with Crippen molar-refractivity contribution in [1.29, 1.82) is 0 Å². The standard InChI is InChI=1S/C30H55NO5S2Si/c1-27(2,3)22-18-16-21(17-19-22)26(37(33)28(4,5)6)25(31-38(34)29(7,8)9)23(20-24(32)35-13)36-39(14,15)30(10,11)12/h16-19,23,25-26,31H,20H2,1-15H3/t23-,25?,26?,37+,38?/m0/s1. The Morgan fingerprint density at radius 3 is 1.82 bits per heavy atom. The van der Waals surface area contributed by atoms with Crippen molar-refractivity contribution < 1.29 is 22.7 Å². The van der Waals surface area contributed by atoms with Gasteiger partial charge in [0.15, 0.2) is 8.32 Å². The molecular formula is C30H55NO5S2Si. The number of methoxy groups -OCH3 is 1. The van der Waals surface area contributed by atoms with Gasteiger partial charge in [-0.2, -0.15) is 0 Å². The third-order valence-corrected chi connectivity index (χ3v) is 15.6. The lowest BCUT2D eigenvalue weighted by Gasteiger charge is -2.44. The first-order valence-electron chi connectivity index (χ1n) is 13.8. The van der Waals surface area contributed by atoms with Crippen molar-refractivity contribution in [3.8, 4) is 0 Å². The molecule has 0 saturated heterocycles. The lowest BCUT2D eigenvalue weighted by atomic mass is 9.86. The molecule has 1 aromatic carbocycles. The van der Waals surface area contributed by atoms with E-state index >= 15 is 0 Å². The Hall–Kier alpha value is -0.713. The van der Waals surface area contributed by atoms with Crippen LogP contribution in [0.5, 0.6) is 0 Å². The van der Waals surface area contributed by atoms with Crippen LogP contribution in [0.25, 0.3) is 0 Å². The molecule has 0 saturated carbocycles. The first-order valence-corrected chi connectivity index (χ1v) is 19.0. The monoisotopic (exact) mass is 601 g/mol. The number of ether oxygens (including phenoxy) is 1. The molecule has 5 atom stereocenters. The van der Waals surface area contributed by atoms with Gasteiger partial charge < -0.3 is 13.7 Å². The zero-order chi connectivity index (χ0) is 30.8. The molecule has 0 aliphatic heterocycles. The van der Waals surface area contributed by atoms with Gasteiger partial charge in [0, 0.05) is 26.9 Å². The highest BCUT2D eigenvalue weighted by Crippen LogP contribution is 2.41. The van der Waals surface area contributed by atoms with E-state index in [1.807, 2.05) is 53.7 Å². The summed E-state index contributed by atoms with van der Waals surface area (Å²) < 4.78 is 42.1. The van der Waals surface area contributed by atoms with Crippen LogP contribution in [0.3, 0.4) is 0 Å². The second-order valence-corrected chi connectivity index (χ2v) is 24.0. The van der Waals surface area contributed by atoms with Crippen LogP contribution in [0.4, 0.5) is 0 Å². The minimum atomic E-state index is -2.41. The fourth-order valence-electron chi connectivity index (χ4n) is 3.70. The highest BCUT2D eigenvalue weighted by Gasteiger charge is 2.48. The van der Waals surface area contributed by atoms with Crippen molar-refractivity contribution in [2.45, 2.75) is 140 Å². The number of esters is 1. The second-order valence-electron chi connectivity index (χ2n) is 14.9. The van der Waals surface area contributed by atoms with Crippen molar-refractivity contribution >= 4 is 36.4 Å². The summed E-state index contributed by atoms with van der Waals surface area (Å²) in [6.07, 6.45) is -0.747. The number of rotatable bonds is 10. The van der Waals surface area contributed by atoms with Gasteiger partial charge in [0.1, 0.15) is 4.75 Å². The average molecular weight is 602 g/mol. The highest BCUT2D eigenvalue weighted by atomic mass is 32.2. The number of carbonyl (C=O) groups excluding carboxylic acids is 1. The summed E-state index contributed by atoms with van der Waals surface area (Å²) in [7, 11) is -2.48. The predicted octanol–water partition coefficient (Wildman–Crippen LogP) is 6.95. The van der Waals surface area contributed by atoms with Gasteiger partial charge in [-0.15, -0.1) is 4.72 Å². The molecule has 6 nitrogen and oxygen atoms in total. The predicted molar refractivity (Wildman–Crippen MR) is 169 cm³/mol. The van der Waals surface area contributed by atoms with Gasteiger partial charge in [-0.25, -0.2) is 0 Å². The Morgan fingerprint density at radius 2 is 1.46 bits per heavy atom. The molecule has 226 valence electrons. The largest absolute Gasteiger partial charge is 0.598 e. The Kier molecular flexibility index (Phi) is 12.2. The zero-order valence-corrected chi connectivity index (χ0v) is 29.7. The minimum absolute atomic E-state index is 0.0402. The molecule has 0 radical (unpaired) electrons. The summed E-state index contributed by atoms with van der Waals surface area (Å²) in [6, 6.07) is 7.50. The van der Waals surface area contributed by atoms with Crippen LogP contribution in [0.1, 0.15) is 106 Å². The lowest BCUT2D eigenvalue weighted by Crippen LogP contribution is -2.58. The maximum Gasteiger partial charge on any atom is 0.308 e. The first kappa shape index (κ1) is 36.3. The van der Waals surface area contributed by atoms with Crippen molar-refractivity contribution in [3.05, 3.63) is 35.4 Å². The fourth-order valence-corrected chi connectivity index (χ4v) is 7.69. The topological polar surface area (TPSA) is 87.7 Å². The summed E-state index contributed by atoms with van der Waals surface area (Å²) in [5.74, 6) is -0.421. The van der Waals surface area contributed by atoms with Gasteiger partial charge in [0.25, 0.3) is 0 Å². The molecule has 0 heterocycles. The van der Waals surface area contributed by atoms with Crippen LogP contribution in [0.15, 0.2) is 24.3 Å². The van der Waals surface area contributed by atoms with Gasteiger partial charge >= 0.3 is 5.97 Å². The van der Waals surface area contributed by atoms with E-state index in [0.29, 0.717) is 0 Å². The zero-order valence-electron chi connectivity index (χ0n) is 27.1. The fraction of sp³-hybridized carbons (Fsp3) is 0.767. The summed E-state index contributed by atoms with van der Waals surface area (Å²) in [5.41, 5.74) is 1.98. The van der Waals surface area contributed by atoms with Crippen molar-refractivity contribution in [3.63, 3.8) is 0 Å². The van der Waals surface area contributed by atoms with Crippen LogP contribution in [0.2, 0.25) is 18.1 Å². The van der Waals surface area contributed by atoms with Crippen LogP contribution >= 0.6 is 0 Å². The Labute approximate surface area is 245 Å². The van der Waals surface area contributed by atoms with E-state index in [4.69, 9.17) is 9.16 Å². The third kappa shape index (κ3) is 10.3. The number of carbonyl (C=O) groups is 1. The summed E-state index contributed by atoms with van der Waals surface area (Å²) in [4.78, 5) is 12.8. The van der Waals surface area contributed by atoms with E-state index in [0.717, 1.165) is 11.1 Å². The summed E-state index contributed by atoms with van der Waals surface area (Å²) in [5, 5.41) is -0.730. The maximum absolute atomic E-state index is 14.4. The summed E-state index contributed by atoms with van der Waals surface area (Å²) >= 11 is -1.51. The van der Waals surface area contributed by atoms with Gasteiger partial charge in [-0.1, -0.05) is 65.8 Å². The molecular weight excluding hydrogens is 547 g/mol. The van der Waals surface area contributed by atoms with Gasteiger partial charge in [0.05, 0.1) is 30.9 Å². The highest BCUT2D eigenvalue weighted by molar-refractivity contribution is 7.91. The molecule has 1 N–H and O–H groups in total. The molecule has 3 unspecified atom stereocenters. The number of nitrogens with one attached hydrogen (secondary N) is 1. The van der Waals surface area contributed by atoms with E-state index in [1.54, 1.807) is 0 Å². The number of hydrogen-bond acceptors (Lipinski definition) is 6. The molecule has 1 aromatic rings. The lowest BCUT2D eigenvalue weighted by molar-refractivity contribution is -0.142. The smallest absolute Gasteiger partial charge is 0.308 e. The number of hydrogen-bond donors (Lipinski definition) is 1. The van der Waals surface area contributed by atoms with Crippen LogP contribution < -0.4 is 4.72 Å². The molecule has 0 aliphatic rings. The van der Waals surface area contributed by atoms with Crippen molar-refractivity contribution in [1.82, 2.24) is 4.72 Å². The number of benzene rings is 1. The van der Waals surface area contributed by atoms with E-state index in [-0.39, 0.29) is 16.9 Å². The minimum Gasteiger partial charge on any atom is -0.598 e. The van der Waals surface area contributed by atoms with E-state index < -0.39 is 63.3 Å². The van der Waals surface area contributed by atoms with E-state index in [2.05, 4.69) is 71.5 Å². The molecule has 0 fully saturated rings. The molecule has 0 bridgehead atoms.